The van der Waals surface area contributed by atoms with Crippen molar-refractivity contribution in [3.63, 3.8) is 0 Å². The highest BCUT2D eigenvalue weighted by molar-refractivity contribution is 7.17. The molecule has 0 aliphatic carbocycles. The van der Waals surface area contributed by atoms with Gasteiger partial charge < -0.3 is 14.4 Å². The Kier molecular flexibility index (Phi) is 5.85. The van der Waals surface area contributed by atoms with E-state index in [0.29, 0.717) is 23.5 Å². The lowest BCUT2D eigenvalue weighted by molar-refractivity contribution is 0.107. The van der Waals surface area contributed by atoms with E-state index in [1.807, 2.05) is 0 Å². The van der Waals surface area contributed by atoms with Gasteiger partial charge in [-0.3, -0.25) is 5.32 Å². The fourth-order valence-electron chi connectivity index (χ4n) is 2.84. The van der Waals surface area contributed by atoms with Gasteiger partial charge in [0.25, 0.3) is 5.19 Å². The molecule has 0 radical (unpaired) electrons. The van der Waals surface area contributed by atoms with E-state index in [9.17, 15) is 4.79 Å². The first-order chi connectivity index (χ1) is 11.7. The number of anilines is 1. The summed E-state index contributed by atoms with van der Waals surface area (Å²) in [4.78, 5) is 15.8. The van der Waals surface area contributed by atoms with Crippen LogP contribution >= 0.6 is 11.3 Å². The van der Waals surface area contributed by atoms with Crippen LogP contribution in [0.3, 0.4) is 0 Å². The number of carbonyl (C=O) groups excluding carboxylic acids is 1. The molecule has 0 spiro atoms. The molecule has 0 bridgehead atoms. The second-order valence-corrected chi connectivity index (χ2v) is 7.06. The lowest BCUT2D eigenvalue weighted by atomic mass is 10.2. The lowest BCUT2D eigenvalue weighted by Crippen LogP contribution is -2.47. The highest BCUT2D eigenvalue weighted by atomic mass is 32.1. The van der Waals surface area contributed by atoms with E-state index < -0.39 is 0 Å². The minimum absolute atomic E-state index is 0.0731. The molecule has 134 valence electrons. The molecule has 2 saturated heterocycles. The third-order valence-electron chi connectivity index (χ3n) is 4.22. The van der Waals surface area contributed by atoms with Gasteiger partial charge in [-0.1, -0.05) is 18.4 Å². The van der Waals surface area contributed by atoms with Gasteiger partial charge in [-0.25, -0.2) is 9.69 Å². The van der Waals surface area contributed by atoms with E-state index >= 15 is 0 Å². The molecule has 2 atom stereocenters. The van der Waals surface area contributed by atoms with Crippen LogP contribution in [-0.2, 0) is 4.74 Å². The second-order valence-electron chi connectivity index (χ2n) is 6.14. The number of amides is 2. The SMILES string of the molecule is CCCCOc1nnc(N2C(=O)N(C)CC2NCC2CCCO2)s1. The van der Waals surface area contributed by atoms with Crippen molar-refractivity contribution in [1.29, 1.82) is 0 Å². The van der Waals surface area contributed by atoms with E-state index in [1.54, 1.807) is 16.8 Å². The first-order valence-electron chi connectivity index (χ1n) is 8.54. The van der Waals surface area contributed by atoms with Gasteiger partial charge >= 0.3 is 6.03 Å². The van der Waals surface area contributed by atoms with Crippen molar-refractivity contribution >= 4 is 22.5 Å². The van der Waals surface area contributed by atoms with E-state index in [4.69, 9.17) is 9.47 Å². The summed E-state index contributed by atoms with van der Waals surface area (Å²) >= 11 is 1.31. The van der Waals surface area contributed by atoms with Gasteiger partial charge in [-0.15, -0.1) is 5.10 Å². The Morgan fingerprint density at radius 2 is 2.33 bits per heavy atom. The van der Waals surface area contributed by atoms with Gasteiger partial charge in [0.2, 0.25) is 5.13 Å². The van der Waals surface area contributed by atoms with Gasteiger partial charge in [0.1, 0.15) is 6.17 Å². The molecule has 8 nitrogen and oxygen atoms in total. The molecule has 1 N–H and O–H groups in total. The fourth-order valence-corrected chi connectivity index (χ4v) is 3.61. The Bertz CT molecular complexity index is 549. The number of carbonyl (C=O) groups is 1. The average Bonchev–Trinajstić information content (AvgIpc) is 3.28. The molecular formula is C15H25N5O3S. The molecule has 24 heavy (non-hydrogen) atoms. The molecule has 2 amide bonds. The maximum atomic E-state index is 12.5. The summed E-state index contributed by atoms with van der Waals surface area (Å²) in [7, 11) is 1.79. The summed E-state index contributed by atoms with van der Waals surface area (Å²) in [6.45, 7) is 4.91. The summed E-state index contributed by atoms with van der Waals surface area (Å²) in [6, 6.07) is -0.0731. The minimum Gasteiger partial charge on any atom is -0.469 e. The van der Waals surface area contributed by atoms with Crippen LogP contribution in [0.25, 0.3) is 0 Å². The van der Waals surface area contributed by atoms with E-state index in [-0.39, 0.29) is 18.3 Å². The monoisotopic (exact) mass is 355 g/mol. The smallest absolute Gasteiger partial charge is 0.327 e. The molecule has 2 fully saturated rings. The molecule has 3 heterocycles. The van der Waals surface area contributed by atoms with Crippen molar-refractivity contribution in [3.05, 3.63) is 0 Å². The first-order valence-corrected chi connectivity index (χ1v) is 9.36. The Balaban J connectivity index is 1.62. The van der Waals surface area contributed by atoms with Crippen LogP contribution in [0.15, 0.2) is 0 Å². The minimum atomic E-state index is -0.122. The zero-order valence-electron chi connectivity index (χ0n) is 14.2. The van der Waals surface area contributed by atoms with E-state index in [0.717, 1.165) is 38.8 Å². The Morgan fingerprint density at radius 1 is 1.46 bits per heavy atom. The molecule has 1 aromatic heterocycles. The van der Waals surface area contributed by atoms with Crippen LogP contribution in [0.2, 0.25) is 0 Å². The Labute approximate surface area is 146 Å². The molecule has 2 unspecified atom stereocenters. The quantitative estimate of drug-likeness (QED) is 0.715. The molecule has 9 heteroatoms. The van der Waals surface area contributed by atoms with Gasteiger partial charge in [-0.05, 0) is 30.6 Å². The second kappa shape index (κ2) is 8.09. The van der Waals surface area contributed by atoms with Crippen LogP contribution in [0.1, 0.15) is 32.6 Å². The maximum Gasteiger partial charge on any atom is 0.327 e. The van der Waals surface area contributed by atoms with Crippen molar-refractivity contribution in [2.45, 2.75) is 44.9 Å². The zero-order valence-corrected chi connectivity index (χ0v) is 15.0. The highest BCUT2D eigenvalue weighted by Gasteiger charge is 2.38. The molecular weight excluding hydrogens is 330 g/mol. The number of nitrogens with one attached hydrogen (secondary N) is 1. The van der Waals surface area contributed by atoms with Crippen LogP contribution in [-0.4, -0.2) is 66.7 Å². The van der Waals surface area contributed by atoms with Crippen LogP contribution in [0.5, 0.6) is 5.19 Å². The largest absolute Gasteiger partial charge is 0.469 e. The number of aromatic nitrogens is 2. The van der Waals surface area contributed by atoms with E-state index in [1.165, 1.54) is 11.3 Å². The third kappa shape index (κ3) is 3.96. The lowest BCUT2D eigenvalue weighted by Gasteiger charge is -2.22. The van der Waals surface area contributed by atoms with Gasteiger partial charge in [0, 0.05) is 20.2 Å². The van der Waals surface area contributed by atoms with Gasteiger partial charge in [-0.2, -0.15) is 0 Å². The van der Waals surface area contributed by atoms with Crippen molar-refractivity contribution < 1.29 is 14.3 Å². The standard InChI is InChI=1S/C15H25N5O3S/c1-3-4-7-23-14-18-17-13(24-14)20-12(10-19(2)15(20)21)16-9-11-6-5-8-22-11/h11-12,16H,3-10H2,1-2H3. The predicted octanol–water partition coefficient (Wildman–Crippen LogP) is 1.68. The number of nitrogens with zero attached hydrogens (tertiary/aromatic N) is 4. The van der Waals surface area contributed by atoms with Crippen LogP contribution in [0.4, 0.5) is 9.93 Å². The summed E-state index contributed by atoms with van der Waals surface area (Å²) < 4.78 is 11.2. The molecule has 0 saturated carbocycles. The Morgan fingerprint density at radius 3 is 3.08 bits per heavy atom. The number of hydrogen-bond acceptors (Lipinski definition) is 7. The summed E-state index contributed by atoms with van der Waals surface area (Å²) in [5, 5.41) is 12.7. The summed E-state index contributed by atoms with van der Waals surface area (Å²) in [6.07, 6.45) is 4.33. The number of unbranched alkanes of at least 4 members (excludes halogenated alkanes) is 1. The fraction of sp³-hybridized carbons (Fsp3) is 0.800. The molecule has 0 aromatic carbocycles. The van der Waals surface area contributed by atoms with Crippen molar-refractivity contribution in [2.75, 3.05) is 38.3 Å². The summed E-state index contributed by atoms with van der Waals surface area (Å²) in [5.74, 6) is 0. The summed E-state index contributed by atoms with van der Waals surface area (Å²) in [5.41, 5.74) is 0. The number of rotatable bonds is 8. The maximum absolute atomic E-state index is 12.5. The third-order valence-corrected chi connectivity index (χ3v) is 5.06. The first kappa shape index (κ1) is 17.4. The predicted molar refractivity (Wildman–Crippen MR) is 91.6 cm³/mol. The molecule has 2 aliphatic rings. The number of likely N-dealkylation sites (N-methyl/N-ethyl adjacent to an activating group) is 1. The van der Waals surface area contributed by atoms with Crippen LogP contribution in [0, 0.1) is 0 Å². The number of ether oxygens (including phenoxy) is 2. The van der Waals surface area contributed by atoms with Crippen molar-refractivity contribution in [3.8, 4) is 5.19 Å². The van der Waals surface area contributed by atoms with Gasteiger partial charge in [0.05, 0.1) is 19.3 Å². The molecule has 3 rings (SSSR count). The normalized spacial score (nSPS) is 24.2. The Hall–Kier alpha value is -1.45. The van der Waals surface area contributed by atoms with Gasteiger partial charge in [0.15, 0.2) is 0 Å². The zero-order chi connectivity index (χ0) is 16.9. The van der Waals surface area contributed by atoms with Crippen molar-refractivity contribution in [2.24, 2.45) is 0 Å². The topological polar surface area (TPSA) is 79.8 Å². The molecule has 2 aliphatic heterocycles. The number of urea groups is 1. The van der Waals surface area contributed by atoms with E-state index in [2.05, 4.69) is 22.4 Å². The molecule has 1 aromatic rings. The number of hydrogen-bond donors (Lipinski definition) is 1. The average molecular weight is 355 g/mol. The van der Waals surface area contributed by atoms with Crippen LogP contribution < -0.4 is 15.0 Å². The van der Waals surface area contributed by atoms with Crippen molar-refractivity contribution in [1.82, 2.24) is 20.4 Å². The highest BCUT2D eigenvalue weighted by Crippen LogP contribution is 2.30.